The number of nitrogens with zero attached hydrogens (tertiary/aromatic N) is 1. The van der Waals surface area contributed by atoms with E-state index in [4.69, 9.17) is 0 Å². The van der Waals surface area contributed by atoms with Crippen molar-refractivity contribution in [3.63, 3.8) is 0 Å². The average Bonchev–Trinajstić information content (AvgIpc) is 2.88. The lowest BCUT2D eigenvalue weighted by atomic mass is 10.1. The van der Waals surface area contributed by atoms with Gasteiger partial charge in [-0.15, -0.1) is 11.3 Å². The first kappa shape index (κ1) is 7.76. The summed E-state index contributed by atoms with van der Waals surface area (Å²) in [6.45, 7) is 0. The Morgan fingerprint density at radius 1 is 1.21 bits per heavy atom. The molecule has 0 bridgehead atoms. The molecule has 0 unspecified atom stereocenters. The second kappa shape index (κ2) is 2.96. The summed E-state index contributed by atoms with van der Waals surface area (Å²) in [6, 6.07) is 8.48. The third-order valence-corrected chi connectivity index (χ3v) is 3.09. The van der Waals surface area contributed by atoms with Gasteiger partial charge in [-0.25, -0.2) is 0 Å². The molecule has 0 aliphatic carbocycles. The molecule has 0 atom stereocenters. The van der Waals surface area contributed by atoms with Gasteiger partial charge in [0.05, 0.1) is 10.4 Å². The highest BCUT2D eigenvalue weighted by molar-refractivity contribution is 7.13. The van der Waals surface area contributed by atoms with E-state index in [1.54, 1.807) is 11.3 Å². The van der Waals surface area contributed by atoms with E-state index in [0.29, 0.717) is 0 Å². The Kier molecular flexibility index (Phi) is 1.64. The number of H-pyrrole nitrogens is 1. The van der Waals surface area contributed by atoms with Crippen LogP contribution in [0.5, 0.6) is 0 Å². The lowest BCUT2D eigenvalue weighted by Gasteiger charge is -1.96. The Labute approximate surface area is 85.2 Å². The maximum absolute atomic E-state index is 4.08. The molecule has 0 aliphatic rings. The summed E-state index contributed by atoms with van der Waals surface area (Å²) in [7, 11) is 0. The smallest absolute Gasteiger partial charge is 0.0797 e. The monoisotopic (exact) mass is 200 g/mol. The number of rotatable bonds is 1. The van der Waals surface area contributed by atoms with Gasteiger partial charge in [-0.3, -0.25) is 4.98 Å². The van der Waals surface area contributed by atoms with E-state index in [9.17, 15) is 0 Å². The van der Waals surface area contributed by atoms with Gasteiger partial charge in [-0.05, 0) is 29.1 Å². The summed E-state index contributed by atoms with van der Waals surface area (Å²) >= 11 is 1.67. The number of aromatic amines is 1. The molecule has 2 heterocycles. The Morgan fingerprint density at radius 2 is 2.21 bits per heavy atom. The lowest BCUT2D eigenvalue weighted by Crippen LogP contribution is -1.72. The minimum absolute atomic E-state index is 1.18. The number of thiazole rings is 1. The fourth-order valence-corrected chi connectivity index (χ4v) is 2.18. The molecule has 1 aromatic carbocycles. The van der Waals surface area contributed by atoms with Crippen LogP contribution in [0.1, 0.15) is 0 Å². The second-order valence-electron chi connectivity index (χ2n) is 3.15. The molecule has 3 rings (SSSR count). The van der Waals surface area contributed by atoms with Crippen LogP contribution in [0.3, 0.4) is 0 Å². The van der Waals surface area contributed by atoms with Crippen molar-refractivity contribution >= 4 is 22.2 Å². The molecule has 1 N–H and O–H groups in total. The van der Waals surface area contributed by atoms with Crippen molar-refractivity contribution in [3.05, 3.63) is 42.2 Å². The summed E-state index contributed by atoms with van der Waals surface area (Å²) in [5.41, 5.74) is 4.27. The summed E-state index contributed by atoms with van der Waals surface area (Å²) < 4.78 is 0. The fourth-order valence-electron chi connectivity index (χ4n) is 1.56. The molecular formula is C11H8N2S. The molecule has 0 saturated heterocycles. The van der Waals surface area contributed by atoms with Gasteiger partial charge in [0.25, 0.3) is 0 Å². The van der Waals surface area contributed by atoms with E-state index in [1.165, 1.54) is 21.3 Å². The van der Waals surface area contributed by atoms with Crippen LogP contribution in [0, 0.1) is 0 Å². The third kappa shape index (κ3) is 1.14. The molecule has 68 valence electrons. The number of hydrogen-bond donors (Lipinski definition) is 1. The summed E-state index contributed by atoms with van der Waals surface area (Å²) in [4.78, 5) is 8.47. The topological polar surface area (TPSA) is 28.7 Å². The van der Waals surface area contributed by atoms with Gasteiger partial charge in [-0.2, -0.15) is 0 Å². The Morgan fingerprint density at radius 3 is 3.07 bits per heavy atom. The molecule has 0 radical (unpaired) electrons. The van der Waals surface area contributed by atoms with Crippen LogP contribution in [0.4, 0.5) is 0 Å². The molecule has 0 aliphatic heterocycles. The van der Waals surface area contributed by atoms with E-state index < -0.39 is 0 Å². The van der Waals surface area contributed by atoms with Gasteiger partial charge in [0, 0.05) is 17.9 Å². The highest BCUT2D eigenvalue weighted by atomic mass is 32.1. The zero-order chi connectivity index (χ0) is 9.38. The fraction of sp³-hybridized carbons (Fsp3) is 0. The van der Waals surface area contributed by atoms with Crippen molar-refractivity contribution in [2.45, 2.75) is 0 Å². The van der Waals surface area contributed by atoms with Crippen LogP contribution in [0.25, 0.3) is 21.3 Å². The molecule has 2 aromatic heterocycles. The quantitative estimate of drug-likeness (QED) is 0.641. The highest BCUT2D eigenvalue weighted by Crippen LogP contribution is 2.26. The van der Waals surface area contributed by atoms with Gasteiger partial charge in [0.1, 0.15) is 0 Å². The molecule has 0 fully saturated rings. The van der Waals surface area contributed by atoms with E-state index in [2.05, 4.69) is 34.2 Å². The number of fused-ring (bicyclic) bond motifs is 1. The third-order valence-electron chi connectivity index (χ3n) is 2.27. The number of hydrogen-bond acceptors (Lipinski definition) is 2. The van der Waals surface area contributed by atoms with Gasteiger partial charge < -0.3 is 4.98 Å². The average molecular weight is 200 g/mol. The van der Waals surface area contributed by atoms with Crippen LogP contribution in [0.2, 0.25) is 0 Å². The van der Waals surface area contributed by atoms with Crippen molar-refractivity contribution in [1.29, 1.82) is 0 Å². The zero-order valence-corrected chi connectivity index (χ0v) is 8.21. The van der Waals surface area contributed by atoms with E-state index in [1.807, 2.05) is 17.9 Å². The van der Waals surface area contributed by atoms with Gasteiger partial charge >= 0.3 is 0 Å². The lowest BCUT2D eigenvalue weighted by molar-refractivity contribution is 1.42. The van der Waals surface area contributed by atoms with Gasteiger partial charge in [0.15, 0.2) is 0 Å². The SMILES string of the molecule is c1cc2cc(-c3cncs3)ccc2[nH]1. The summed E-state index contributed by atoms with van der Waals surface area (Å²) in [5, 5.41) is 1.25. The van der Waals surface area contributed by atoms with Crippen LogP contribution >= 0.6 is 11.3 Å². The largest absolute Gasteiger partial charge is 0.361 e. The second-order valence-corrected chi connectivity index (χ2v) is 4.03. The zero-order valence-electron chi connectivity index (χ0n) is 7.40. The molecule has 0 saturated carbocycles. The Balaban J connectivity index is 2.23. The highest BCUT2D eigenvalue weighted by Gasteiger charge is 2.00. The molecule has 2 nitrogen and oxygen atoms in total. The van der Waals surface area contributed by atoms with Crippen molar-refractivity contribution in [2.75, 3.05) is 0 Å². The normalized spacial score (nSPS) is 10.9. The summed E-state index contributed by atoms with van der Waals surface area (Å²) in [5.74, 6) is 0. The van der Waals surface area contributed by atoms with Gasteiger partial charge in [0.2, 0.25) is 0 Å². The first-order chi connectivity index (χ1) is 6.93. The molecule has 0 spiro atoms. The van der Waals surface area contributed by atoms with Crippen LogP contribution in [0.15, 0.2) is 42.2 Å². The number of benzene rings is 1. The van der Waals surface area contributed by atoms with Crippen molar-refractivity contribution < 1.29 is 0 Å². The standard InChI is InChI=1S/C11H8N2S/c1-2-10-8(3-4-13-10)5-9(1)11-6-12-7-14-11/h1-7,13H. The molecule has 3 aromatic rings. The predicted molar refractivity (Wildman–Crippen MR) is 59.4 cm³/mol. The predicted octanol–water partition coefficient (Wildman–Crippen LogP) is 3.29. The minimum Gasteiger partial charge on any atom is -0.361 e. The van der Waals surface area contributed by atoms with E-state index in [0.717, 1.165) is 0 Å². The van der Waals surface area contributed by atoms with Crippen LogP contribution < -0.4 is 0 Å². The summed E-state index contributed by atoms with van der Waals surface area (Å²) in [6.07, 6.45) is 3.86. The molecule has 14 heavy (non-hydrogen) atoms. The van der Waals surface area contributed by atoms with E-state index in [-0.39, 0.29) is 0 Å². The first-order valence-corrected chi connectivity index (χ1v) is 5.27. The first-order valence-electron chi connectivity index (χ1n) is 4.39. The van der Waals surface area contributed by atoms with Crippen LogP contribution in [-0.4, -0.2) is 9.97 Å². The van der Waals surface area contributed by atoms with Gasteiger partial charge in [-0.1, -0.05) is 6.07 Å². The minimum atomic E-state index is 1.18. The van der Waals surface area contributed by atoms with Crippen molar-refractivity contribution in [3.8, 4) is 10.4 Å². The van der Waals surface area contributed by atoms with Crippen molar-refractivity contribution in [2.24, 2.45) is 0 Å². The van der Waals surface area contributed by atoms with E-state index >= 15 is 0 Å². The number of aromatic nitrogens is 2. The Bertz CT molecular complexity index is 551. The Hall–Kier alpha value is -1.61. The van der Waals surface area contributed by atoms with Crippen LogP contribution in [-0.2, 0) is 0 Å². The maximum atomic E-state index is 4.08. The molecular weight excluding hydrogens is 192 g/mol. The maximum Gasteiger partial charge on any atom is 0.0797 e. The van der Waals surface area contributed by atoms with Crippen molar-refractivity contribution in [1.82, 2.24) is 9.97 Å². The molecule has 3 heteroatoms. The molecule has 0 amide bonds. The number of nitrogens with one attached hydrogen (secondary N) is 1.